The number of nitro benzene ring substituents is 1. The van der Waals surface area contributed by atoms with Gasteiger partial charge in [0.15, 0.2) is 11.5 Å². The van der Waals surface area contributed by atoms with Crippen molar-refractivity contribution in [2.24, 2.45) is 0 Å². The lowest BCUT2D eigenvalue weighted by Crippen LogP contribution is -2.00. The van der Waals surface area contributed by atoms with Gasteiger partial charge in [0.1, 0.15) is 0 Å². The topological polar surface area (TPSA) is 93.0 Å². The van der Waals surface area contributed by atoms with Gasteiger partial charge in [-0.25, -0.2) is 0 Å². The molecule has 0 unspecified atom stereocenters. The van der Waals surface area contributed by atoms with E-state index in [-0.39, 0.29) is 5.69 Å². The van der Waals surface area contributed by atoms with Crippen molar-refractivity contribution in [3.05, 3.63) is 46.6 Å². The first-order valence-corrected chi connectivity index (χ1v) is 8.89. The number of nitro groups is 1. The van der Waals surface area contributed by atoms with Gasteiger partial charge in [-0.1, -0.05) is 0 Å². The molecule has 28 heavy (non-hydrogen) atoms. The van der Waals surface area contributed by atoms with E-state index in [1.165, 1.54) is 45.0 Å². The molecule has 0 aliphatic carbocycles. The maximum Gasteiger partial charge on any atom is 0.269 e. The minimum atomic E-state index is -0.431. The van der Waals surface area contributed by atoms with Crippen molar-refractivity contribution in [3.63, 3.8) is 0 Å². The summed E-state index contributed by atoms with van der Waals surface area (Å²) in [6.07, 6.45) is 1.71. The molecular weight excluding hydrogens is 384 g/mol. The van der Waals surface area contributed by atoms with Gasteiger partial charge in [-0.2, -0.15) is 4.37 Å². The molecule has 0 aliphatic heterocycles. The Kier molecular flexibility index (Phi) is 5.65. The Morgan fingerprint density at radius 2 is 1.54 bits per heavy atom. The predicted molar refractivity (Wildman–Crippen MR) is 106 cm³/mol. The molecule has 1 heterocycles. The molecule has 9 heteroatoms. The van der Waals surface area contributed by atoms with Crippen LogP contribution in [0.25, 0.3) is 21.6 Å². The van der Waals surface area contributed by atoms with Gasteiger partial charge in [0, 0.05) is 29.5 Å². The van der Waals surface area contributed by atoms with Gasteiger partial charge in [0.05, 0.1) is 38.2 Å². The van der Waals surface area contributed by atoms with E-state index in [1.807, 2.05) is 0 Å². The molecule has 0 atom stereocenters. The molecular formula is C19H18N2O6S. The zero-order chi connectivity index (χ0) is 20.3. The molecule has 3 aromatic rings. The largest absolute Gasteiger partial charge is 0.493 e. The second-order valence-electron chi connectivity index (χ2n) is 5.60. The molecule has 8 nitrogen and oxygen atoms in total. The van der Waals surface area contributed by atoms with Gasteiger partial charge >= 0.3 is 0 Å². The first kappa shape index (κ1) is 19.4. The van der Waals surface area contributed by atoms with E-state index >= 15 is 0 Å². The first-order chi connectivity index (χ1) is 13.5. The summed E-state index contributed by atoms with van der Waals surface area (Å²) in [5.41, 5.74) is 2.33. The molecule has 0 saturated heterocycles. The number of hydrogen-bond donors (Lipinski definition) is 0. The summed E-state index contributed by atoms with van der Waals surface area (Å²) in [4.78, 5) is 11.3. The second kappa shape index (κ2) is 8.13. The van der Waals surface area contributed by atoms with Crippen LogP contribution in [0.4, 0.5) is 5.69 Å². The summed E-state index contributed by atoms with van der Waals surface area (Å²) in [5, 5.41) is 10.9. The number of rotatable bonds is 7. The van der Waals surface area contributed by atoms with Crippen LogP contribution in [0.2, 0.25) is 0 Å². The fourth-order valence-corrected chi connectivity index (χ4v) is 3.67. The SMILES string of the molecule is COc1cc(-c2cnsc2-c2ccc([N+](=O)[O-])cc2)c(OC)c(OC)c1OC. The summed E-state index contributed by atoms with van der Waals surface area (Å²) >= 11 is 1.28. The van der Waals surface area contributed by atoms with Gasteiger partial charge < -0.3 is 18.9 Å². The third-order valence-corrected chi connectivity index (χ3v) is 5.04. The molecule has 2 aromatic carbocycles. The molecule has 0 bridgehead atoms. The van der Waals surface area contributed by atoms with Crippen molar-refractivity contribution >= 4 is 17.2 Å². The van der Waals surface area contributed by atoms with E-state index in [2.05, 4.69) is 4.37 Å². The molecule has 0 saturated carbocycles. The van der Waals surface area contributed by atoms with E-state index in [0.29, 0.717) is 28.6 Å². The van der Waals surface area contributed by atoms with Crippen LogP contribution in [-0.2, 0) is 0 Å². The Morgan fingerprint density at radius 1 is 0.893 bits per heavy atom. The van der Waals surface area contributed by atoms with Crippen molar-refractivity contribution in [1.82, 2.24) is 4.37 Å². The molecule has 0 fully saturated rings. The predicted octanol–water partition coefficient (Wildman–Crippen LogP) is 4.42. The van der Waals surface area contributed by atoms with E-state index in [1.54, 1.807) is 31.5 Å². The van der Waals surface area contributed by atoms with Crippen LogP contribution in [0.5, 0.6) is 23.0 Å². The quantitative estimate of drug-likeness (QED) is 0.426. The number of aromatic nitrogens is 1. The van der Waals surface area contributed by atoms with Crippen molar-refractivity contribution in [2.45, 2.75) is 0 Å². The van der Waals surface area contributed by atoms with Crippen LogP contribution in [-0.4, -0.2) is 37.7 Å². The fourth-order valence-electron chi connectivity index (χ4n) is 2.91. The Bertz CT molecular complexity index is 1000. The minimum absolute atomic E-state index is 0.0279. The van der Waals surface area contributed by atoms with Gasteiger partial charge in [0.25, 0.3) is 5.69 Å². The van der Waals surface area contributed by atoms with E-state index in [0.717, 1.165) is 16.0 Å². The zero-order valence-electron chi connectivity index (χ0n) is 15.7. The standard InChI is InChI=1S/C19H18N2O6S/c1-24-15-9-13(16(25-2)18(27-4)17(15)26-3)14-10-20-28-19(14)11-5-7-12(8-6-11)21(22)23/h5-10H,1-4H3. The summed E-state index contributed by atoms with van der Waals surface area (Å²) in [6, 6.07) is 8.11. The first-order valence-electron chi connectivity index (χ1n) is 8.12. The highest BCUT2D eigenvalue weighted by molar-refractivity contribution is 7.10. The molecule has 146 valence electrons. The number of hydrogen-bond acceptors (Lipinski definition) is 8. The summed E-state index contributed by atoms with van der Waals surface area (Å²) in [5.74, 6) is 1.78. The summed E-state index contributed by atoms with van der Waals surface area (Å²) in [6.45, 7) is 0. The molecule has 0 amide bonds. The van der Waals surface area contributed by atoms with Crippen LogP contribution in [0.1, 0.15) is 0 Å². The lowest BCUT2D eigenvalue weighted by Gasteiger charge is -2.18. The third-order valence-electron chi connectivity index (χ3n) is 4.19. The third kappa shape index (κ3) is 3.31. The number of ether oxygens (including phenoxy) is 4. The van der Waals surface area contributed by atoms with Crippen LogP contribution >= 0.6 is 11.5 Å². The summed E-state index contributed by atoms with van der Waals surface area (Å²) < 4.78 is 26.3. The average Bonchev–Trinajstić information content (AvgIpc) is 3.21. The van der Waals surface area contributed by atoms with Crippen LogP contribution < -0.4 is 18.9 Å². The molecule has 0 aliphatic rings. The lowest BCUT2D eigenvalue weighted by molar-refractivity contribution is -0.384. The summed E-state index contributed by atoms with van der Waals surface area (Å²) in [7, 11) is 6.12. The number of nitrogens with zero attached hydrogens (tertiary/aromatic N) is 2. The van der Waals surface area contributed by atoms with Crippen LogP contribution in [0, 0.1) is 10.1 Å². The van der Waals surface area contributed by atoms with E-state index in [9.17, 15) is 10.1 Å². The minimum Gasteiger partial charge on any atom is -0.493 e. The molecule has 3 rings (SSSR count). The maximum absolute atomic E-state index is 10.9. The molecule has 1 aromatic heterocycles. The normalized spacial score (nSPS) is 10.4. The highest BCUT2D eigenvalue weighted by Crippen LogP contribution is 2.51. The van der Waals surface area contributed by atoms with Crippen LogP contribution in [0.15, 0.2) is 36.5 Å². The Morgan fingerprint density at radius 3 is 2.07 bits per heavy atom. The Hall–Kier alpha value is -3.33. The number of non-ortho nitro benzene ring substituents is 1. The maximum atomic E-state index is 10.9. The Labute approximate surface area is 165 Å². The van der Waals surface area contributed by atoms with Crippen molar-refractivity contribution in [2.75, 3.05) is 28.4 Å². The molecule has 0 N–H and O–H groups in total. The zero-order valence-corrected chi connectivity index (χ0v) is 16.5. The fraction of sp³-hybridized carbons (Fsp3) is 0.211. The van der Waals surface area contributed by atoms with Crippen molar-refractivity contribution in [1.29, 1.82) is 0 Å². The Balaban J connectivity index is 2.20. The highest BCUT2D eigenvalue weighted by Gasteiger charge is 2.25. The average molecular weight is 402 g/mol. The lowest BCUT2D eigenvalue weighted by atomic mass is 10.0. The van der Waals surface area contributed by atoms with Gasteiger partial charge in [-0.3, -0.25) is 10.1 Å². The molecule has 0 radical (unpaired) electrons. The van der Waals surface area contributed by atoms with Gasteiger partial charge in [-0.15, -0.1) is 0 Å². The van der Waals surface area contributed by atoms with Gasteiger partial charge in [0.2, 0.25) is 11.5 Å². The van der Waals surface area contributed by atoms with Crippen LogP contribution in [0.3, 0.4) is 0 Å². The number of methoxy groups -OCH3 is 4. The van der Waals surface area contributed by atoms with E-state index < -0.39 is 4.92 Å². The van der Waals surface area contributed by atoms with Crippen molar-refractivity contribution in [3.8, 4) is 44.6 Å². The smallest absolute Gasteiger partial charge is 0.269 e. The van der Waals surface area contributed by atoms with E-state index in [4.69, 9.17) is 18.9 Å². The second-order valence-corrected chi connectivity index (χ2v) is 6.40. The number of benzene rings is 2. The highest BCUT2D eigenvalue weighted by atomic mass is 32.1. The molecule has 0 spiro atoms. The monoisotopic (exact) mass is 402 g/mol. The van der Waals surface area contributed by atoms with Crippen molar-refractivity contribution < 1.29 is 23.9 Å². The van der Waals surface area contributed by atoms with Gasteiger partial charge in [-0.05, 0) is 35.3 Å².